The molecule has 0 aliphatic carbocycles. The fourth-order valence-electron chi connectivity index (χ4n) is 1.66. The molecule has 4 heteroatoms. The van der Waals surface area contributed by atoms with Crippen molar-refractivity contribution in [3.05, 3.63) is 21.9 Å². The number of methoxy groups -OCH3 is 1. The van der Waals surface area contributed by atoms with Gasteiger partial charge < -0.3 is 14.8 Å². The Morgan fingerprint density at radius 3 is 2.82 bits per heavy atom. The zero-order chi connectivity index (χ0) is 12.5. The molecule has 1 aromatic rings. The lowest BCUT2D eigenvalue weighted by Crippen LogP contribution is -2.21. The summed E-state index contributed by atoms with van der Waals surface area (Å²) in [4.78, 5) is 1.44. The molecule has 3 nitrogen and oxygen atoms in total. The van der Waals surface area contributed by atoms with E-state index < -0.39 is 0 Å². The maximum Gasteiger partial charge on any atom is 0.0700 e. The van der Waals surface area contributed by atoms with Crippen molar-refractivity contribution in [2.75, 3.05) is 33.5 Å². The first-order chi connectivity index (χ1) is 8.25. The Bertz CT molecular complexity index is 301. The molecule has 1 heterocycles. The predicted molar refractivity (Wildman–Crippen MR) is 72.8 cm³/mol. The van der Waals surface area contributed by atoms with E-state index in [0.29, 0.717) is 19.3 Å². The molecule has 0 bridgehead atoms. The number of aryl methyl sites for hydroxylation is 1. The normalized spacial score (nSPS) is 12.9. The fourth-order valence-corrected chi connectivity index (χ4v) is 2.62. The molecule has 0 aliphatic rings. The van der Waals surface area contributed by atoms with Crippen molar-refractivity contribution in [1.82, 2.24) is 5.32 Å². The summed E-state index contributed by atoms with van der Waals surface area (Å²) in [6.45, 7) is 7.54. The van der Waals surface area contributed by atoms with Crippen molar-refractivity contribution in [3.8, 4) is 0 Å². The Morgan fingerprint density at radius 1 is 1.35 bits per heavy atom. The third-order valence-electron chi connectivity index (χ3n) is 2.64. The van der Waals surface area contributed by atoms with Crippen LogP contribution in [0.5, 0.6) is 0 Å². The van der Waals surface area contributed by atoms with Crippen LogP contribution in [-0.4, -0.2) is 33.5 Å². The summed E-state index contributed by atoms with van der Waals surface area (Å²) in [6, 6.07) is 2.61. The first-order valence-corrected chi connectivity index (χ1v) is 6.97. The van der Waals surface area contributed by atoms with E-state index >= 15 is 0 Å². The largest absolute Gasteiger partial charge is 0.382 e. The minimum absolute atomic E-state index is 0.439. The van der Waals surface area contributed by atoms with Gasteiger partial charge in [0.2, 0.25) is 0 Å². The van der Waals surface area contributed by atoms with Crippen LogP contribution in [0, 0.1) is 6.92 Å². The van der Waals surface area contributed by atoms with Gasteiger partial charge in [0, 0.05) is 24.6 Å². The van der Waals surface area contributed by atoms with E-state index in [4.69, 9.17) is 9.47 Å². The van der Waals surface area contributed by atoms with Crippen molar-refractivity contribution >= 4 is 11.3 Å². The van der Waals surface area contributed by atoms with E-state index in [2.05, 4.69) is 30.6 Å². The Labute approximate surface area is 108 Å². The molecule has 1 atom stereocenters. The number of rotatable bonds is 9. The highest BCUT2D eigenvalue weighted by Crippen LogP contribution is 2.23. The number of hydrogen-bond donors (Lipinski definition) is 1. The topological polar surface area (TPSA) is 30.5 Å². The van der Waals surface area contributed by atoms with Gasteiger partial charge in [-0.2, -0.15) is 0 Å². The summed E-state index contributed by atoms with van der Waals surface area (Å²) in [5.41, 5.74) is 1.38. The molecule has 0 aromatic carbocycles. The van der Waals surface area contributed by atoms with Crippen LogP contribution in [0.2, 0.25) is 0 Å². The van der Waals surface area contributed by atoms with Crippen molar-refractivity contribution in [3.63, 3.8) is 0 Å². The lowest BCUT2D eigenvalue weighted by atomic mass is 10.2. The smallest absolute Gasteiger partial charge is 0.0700 e. The maximum atomic E-state index is 5.41. The molecule has 0 amide bonds. The third-order valence-corrected chi connectivity index (χ3v) is 3.84. The Morgan fingerprint density at radius 2 is 2.18 bits per heavy atom. The summed E-state index contributed by atoms with van der Waals surface area (Å²) in [7, 11) is 1.69. The first kappa shape index (κ1) is 14.6. The van der Waals surface area contributed by atoms with Crippen molar-refractivity contribution in [1.29, 1.82) is 0 Å². The van der Waals surface area contributed by atoms with E-state index in [-0.39, 0.29) is 0 Å². The lowest BCUT2D eigenvalue weighted by molar-refractivity contribution is 0.0693. The van der Waals surface area contributed by atoms with Crippen LogP contribution in [0.15, 0.2) is 11.4 Å². The Kier molecular flexibility index (Phi) is 7.44. The van der Waals surface area contributed by atoms with Gasteiger partial charge in [-0.1, -0.05) is 0 Å². The summed E-state index contributed by atoms with van der Waals surface area (Å²) >= 11 is 1.82. The van der Waals surface area contributed by atoms with E-state index in [1.54, 1.807) is 7.11 Å². The second kappa shape index (κ2) is 8.64. The predicted octanol–water partition coefficient (Wildman–Crippen LogP) is 2.76. The van der Waals surface area contributed by atoms with Gasteiger partial charge in [-0.05, 0) is 43.8 Å². The van der Waals surface area contributed by atoms with Crippen LogP contribution < -0.4 is 5.32 Å². The van der Waals surface area contributed by atoms with Gasteiger partial charge in [-0.3, -0.25) is 0 Å². The van der Waals surface area contributed by atoms with E-state index in [0.717, 1.165) is 19.6 Å². The highest BCUT2D eigenvalue weighted by Gasteiger charge is 2.08. The summed E-state index contributed by atoms with van der Waals surface area (Å²) in [6.07, 6.45) is 1.04. The number of nitrogens with one attached hydrogen (secondary N) is 1. The third kappa shape index (κ3) is 5.64. The molecule has 1 rings (SSSR count). The molecule has 1 N–H and O–H groups in total. The number of hydrogen-bond acceptors (Lipinski definition) is 4. The first-order valence-electron chi connectivity index (χ1n) is 6.09. The highest BCUT2D eigenvalue weighted by atomic mass is 32.1. The zero-order valence-corrected chi connectivity index (χ0v) is 11.8. The van der Waals surface area contributed by atoms with Crippen LogP contribution in [0.25, 0.3) is 0 Å². The zero-order valence-electron chi connectivity index (χ0n) is 11.0. The molecule has 0 fully saturated rings. The standard InChI is InChI=1S/C13H23NO2S/c1-11-5-10-17-13(11)12(2)14-6-4-7-16-9-8-15-3/h5,10,12,14H,4,6-9H2,1-3H3. The molecule has 1 unspecified atom stereocenters. The monoisotopic (exact) mass is 257 g/mol. The number of ether oxygens (including phenoxy) is 2. The molecule has 0 saturated heterocycles. The molecule has 98 valence electrons. The van der Waals surface area contributed by atoms with Gasteiger partial charge in [0.1, 0.15) is 0 Å². The van der Waals surface area contributed by atoms with Gasteiger partial charge >= 0.3 is 0 Å². The van der Waals surface area contributed by atoms with Gasteiger partial charge in [-0.15, -0.1) is 11.3 Å². The van der Waals surface area contributed by atoms with Crippen LogP contribution in [-0.2, 0) is 9.47 Å². The van der Waals surface area contributed by atoms with Crippen molar-refractivity contribution in [2.24, 2.45) is 0 Å². The fraction of sp³-hybridized carbons (Fsp3) is 0.692. The highest BCUT2D eigenvalue weighted by molar-refractivity contribution is 7.10. The van der Waals surface area contributed by atoms with Crippen LogP contribution in [0.3, 0.4) is 0 Å². The summed E-state index contributed by atoms with van der Waals surface area (Å²) in [5.74, 6) is 0. The van der Waals surface area contributed by atoms with Gasteiger partial charge in [0.25, 0.3) is 0 Å². The molecule has 0 saturated carbocycles. The van der Waals surface area contributed by atoms with Crippen LogP contribution >= 0.6 is 11.3 Å². The minimum Gasteiger partial charge on any atom is -0.382 e. The lowest BCUT2D eigenvalue weighted by Gasteiger charge is -2.13. The summed E-state index contributed by atoms with van der Waals surface area (Å²) < 4.78 is 10.3. The van der Waals surface area contributed by atoms with Crippen LogP contribution in [0.4, 0.5) is 0 Å². The minimum atomic E-state index is 0.439. The quantitative estimate of drug-likeness (QED) is 0.690. The van der Waals surface area contributed by atoms with Crippen LogP contribution in [0.1, 0.15) is 29.8 Å². The Hall–Kier alpha value is -0.420. The summed E-state index contributed by atoms with van der Waals surface area (Å²) in [5, 5.41) is 5.67. The van der Waals surface area contributed by atoms with Gasteiger partial charge in [-0.25, -0.2) is 0 Å². The SMILES string of the molecule is COCCOCCCNC(C)c1sccc1C. The molecule has 17 heavy (non-hydrogen) atoms. The average Bonchev–Trinajstić information content (AvgIpc) is 2.74. The second-order valence-electron chi connectivity index (χ2n) is 4.10. The molecule has 0 radical (unpaired) electrons. The molecule has 0 spiro atoms. The second-order valence-corrected chi connectivity index (χ2v) is 5.05. The van der Waals surface area contributed by atoms with Crippen molar-refractivity contribution < 1.29 is 9.47 Å². The Balaban J connectivity index is 2.05. The average molecular weight is 257 g/mol. The molecule has 0 aliphatic heterocycles. The van der Waals surface area contributed by atoms with Crippen molar-refractivity contribution in [2.45, 2.75) is 26.3 Å². The molecular formula is C13H23NO2S. The maximum absolute atomic E-state index is 5.41. The van der Waals surface area contributed by atoms with E-state index in [1.807, 2.05) is 11.3 Å². The van der Waals surface area contributed by atoms with E-state index in [9.17, 15) is 0 Å². The number of thiophene rings is 1. The molecular weight excluding hydrogens is 234 g/mol. The molecule has 1 aromatic heterocycles. The van der Waals surface area contributed by atoms with E-state index in [1.165, 1.54) is 10.4 Å². The van der Waals surface area contributed by atoms with Gasteiger partial charge in [0.05, 0.1) is 13.2 Å². The van der Waals surface area contributed by atoms with Gasteiger partial charge in [0.15, 0.2) is 0 Å².